The van der Waals surface area contributed by atoms with Crippen molar-refractivity contribution in [2.75, 3.05) is 9.80 Å². The minimum Gasteiger partial charge on any atom is -0.335 e. The number of hydrogen-bond donors (Lipinski definition) is 0. The summed E-state index contributed by atoms with van der Waals surface area (Å²) in [5.41, 5.74) is 23.6. The van der Waals surface area contributed by atoms with Gasteiger partial charge in [0.2, 0.25) is 0 Å². The Bertz CT molecular complexity index is 2720. The van der Waals surface area contributed by atoms with Crippen molar-refractivity contribution in [1.29, 1.82) is 0 Å². The topological polar surface area (TPSA) is 6.48 Å². The van der Waals surface area contributed by atoms with E-state index in [1.807, 2.05) is 11.3 Å². The maximum absolute atomic E-state index is 2.84. The van der Waals surface area contributed by atoms with E-state index in [1.165, 1.54) is 108 Å². The zero-order valence-corrected chi connectivity index (χ0v) is 40.2. The largest absolute Gasteiger partial charge is 0.335 e. The summed E-state index contributed by atoms with van der Waals surface area (Å²) in [6.45, 7) is 36.5. The van der Waals surface area contributed by atoms with Crippen LogP contribution < -0.4 is 25.5 Å². The lowest BCUT2D eigenvalue weighted by Gasteiger charge is -2.50. The Morgan fingerprint density at radius 2 is 1.27 bits per heavy atom. The second-order valence-corrected chi connectivity index (χ2v) is 24.5. The number of hydrogen-bond acceptors (Lipinski definition) is 3. The Morgan fingerprint density at radius 1 is 0.650 bits per heavy atom. The first-order chi connectivity index (χ1) is 28.0. The quantitative estimate of drug-likeness (QED) is 0.161. The van der Waals surface area contributed by atoms with E-state index in [0.717, 1.165) is 6.42 Å². The van der Waals surface area contributed by atoms with Crippen LogP contribution in [0.3, 0.4) is 0 Å². The second-order valence-electron chi connectivity index (χ2n) is 23.4. The molecule has 3 heterocycles. The van der Waals surface area contributed by atoms with Gasteiger partial charge in [0.1, 0.15) is 0 Å². The van der Waals surface area contributed by atoms with Crippen LogP contribution in [0.15, 0.2) is 77.9 Å². The number of benzene rings is 4. The normalized spacial score (nSPS) is 21.7. The summed E-state index contributed by atoms with van der Waals surface area (Å²) in [4.78, 5) is 5.57. The highest BCUT2D eigenvalue weighted by Crippen LogP contribution is 2.56. The molecule has 0 fully saturated rings. The van der Waals surface area contributed by atoms with E-state index >= 15 is 0 Å². The molecule has 1 unspecified atom stereocenters. The van der Waals surface area contributed by atoms with E-state index in [-0.39, 0.29) is 39.8 Å². The lowest BCUT2D eigenvalue weighted by molar-refractivity contribution is 0.256. The summed E-state index contributed by atoms with van der Waals surface area (Å²) >= 11 is 2.04. The highest BCUT2D eigenvalue weighted by Gasteiger charge is 2.50. The summed E-state index contributed by atoms with van der Waals surface area (Å²) in [6.07, 6.45) is 11.1. The van der Waals surface area contributed by atoms with Crippen molar-refractivity contribution in [1.82, 2.24) is 0 Å². The lowest BCUT2D eigenvalue weighted by atomic mass is 9.35. The van der Waals surface area contributed by atoms with Gasteiger partial charge in [-0.2, -0.15) is 0 Å². The average molecular weight is 811 g/mol. The molecule has 310 valence electrons. The lowest BCUT2D eigenvalue weighted by Crippen LogP contribution is -2.62. The molecule has 4 heteroatoms. The Balaban J connectivity index is 1.31. The van der Waals surface area contributed by atoms with Crippen molar-refractivity contribution in [2.45, 2.75) is 158 Å². The SMILES string of the molecule is Cc1cc2c3c(c1)N(C1C=CC4=C(C1)C(C)(C)CCC4(C)C)c1cc4c(cc1B3c1sc3ccc(C)cc3c1N2c1c(C)cc(C(C)(C)C)cc1C)C(C)(C)CCC4(C)C. The number of allylic oxidation sites excluding steroid dienone is 2. The molecule has 0 radical (unpaired) electrons. The smallest absolute Gasteiger partial charge is 0.264 e. The van der Waals surface area contributed by atoms with Gasteiger partial charge in [0.15, 0.2) is 0 Å². The van der Waals surface area contributed by atoms with Crippen molar-refractivity contribution in [3.8, 4) is 0 Å². The molecular formula is C56H67BN2S. The molecule has 0 saturated heterocycles. The van der Waals surface area contributed by atoms with Crippen molar-refractivity contribution in [3.05, 3.63) is 117 Å². The first-order valence-electron chi connectivity index (χ1n) is 23.0. The Labute approximate surface area is 366 Å². The van der Waals surface area contributed by atoms with Crippen molar-refractivity contribution < 1.29 is 0 Å². The van der Waals surface area contributed by atoms with Crippen LogP contribution in [0.4, 0.5) is 28.4 Å². The van der Waals surface area contributed by atoms with Crippen LogP contribution in [0.1, 0.15) is 147 Å². The van der Waals surface area contributed by atoms with E-state index in [4.69, 9.17) is 0 Å². The third-order valence-electron chi connectivity index (χ3n) is 16.0. The molecule has 2 aliphatic heterocycles. The number of rotatable bonds is 2. The monoisotopic (exact) mass is 811 g/mol. The van der Waals surface area contributed by atoms with Gasteiger partial charge in [0.25, 0.3) is 6.71 Å². The first kappa shape index (κ1) is 40.1. The average Bonchev–Trinajstić information content (AvgIpc) is 3.53. The summed E-state index contributed by atoms with van der Waals surface area (Å²) < 4.78 is 2.86. The van der Waals surface area contributed by atoms with Gasteiger partial charge in [-0.25, -0.2) is 0 Å². The molecule has 3 aliphatic carbocycles. The fourth-order valence-corrected chi connectivity index (χ4v) is 13.5. The Hall–Kier alpha value is -4.02. The van der Waals surface area contributed by atoms with Crippen molar-refractivity contribution in [2.24, 2.45) is 10.8 Å². The van der Waals surface area contributed by atoms with Crippen LogP contribution in [0.5, 0.6) is 0 Å². The highest BCUT2D eigenvalue weighted by molar-refractivity contribution is 7.33. The maximum Gasteiger partial charge on any atom is 0.264 e. The fraction of sp³-hybridized carbons (Fsp3) is 0.464. The second kappa shape index (κ2) is 12.8. The van der Waals surface area contributed by atoms with Crippen LogP contribution in [0.25, 0.3) is 10.1 Å². The van der Waals surface area contributed by atoms with Crippen LogP contribution >= 0.6 is 11.3 Å². The molecule has 60 heavy (non-hydrogen) atoms. The highest BCUT2D eigenvalue weighted by atomic mass is 32.1. The van der Waals surface area contributed by atoms with Crippen molar-refractivity contribution >= 4 is 72.3 Å². The van der Waals surface area contributed by atoms with Gasteiger partial charge in [0.05, 0.1) is 17.4 Å². The number of thiophene rings is 1. The van der Waals surface area contributed by atoms with Gasteiger partial charge in [0, 0.05) is 31.9 Å². The van der Waals surface area contributed by atoms with E-state index < -0.39 is 0 Å². The van der Waals surface area contributed by atoms with Gasteiger partial charge in [-0.05, 0) is 167 Å². The van der Waals surface area contributed by atoms with Gasteiger partial charge >= 0.3 is 0 Å². The zero-order chi connectivity index (χ0) is 42.8. The fourth-order valence-electron chi connectivity index (χ4n) is 12.2. The standard InChI is InChI=1S/C56H67BN2S/c1-32-16-19-47-38(24-32)50-51(60-47)57-43-30-41-42(56(14,15)23-22-55(41,12)13)31-44(43)58(37-17-18-39-40(29-37)54(10,11)21-20-53(39,8)9)45-25-33(2)26-46(48(45)57)59(50)49-34(3)27-36(28-35(49)4)52(5,6)7/h16-19,24-28,30-31,37H,20-23,29H2,1-15H3. The Kier molecular flexibility index (Phi) is 8.54. The van der Waals surface area contributed by atoms with Gasteiger partial charge in [-0.3, -0.25) is 0 Å². The van der Waals surface area contributed by atoms with Crippen LogP contribution in [0.2, 0.25) is 0 Å². The van der Waals surface area contributed by atoms with Crippen molar-refractivity contribution in [3.63, 3.8) is 0 Å². The van der Waals surface area contributed by atoms with Crippen LogP contribution in [-0.4, -0.2) is 12.8 Å². The molecule has 0 spiro atoms. The molecular weight excluding hydrogens is 744 g/mol. The molecule has 10 rings (SSSR count). The number of anilines is 5. The first-order valence-corrected chi connectivity index (χ1v) is 23.8. The van der Waals surface area contributed by atoms with E-state index in [1.54, 1.807) is 22.3 Å². The summed E-state index contributed by atoms with van der Waals surface area (Å²) in [5.74, 6) is 0. The number of fused-ring (bicyclic) bond motifs is 7. The molecule has 0 amide bonds. The van der Waals surface area contributed by atoms with E-state index in [9.17, 15) is 0 Å². The minimum absolute atomic E-state index is 0.0670. The van der Waals surface area contributed by atoms with Crippen LogP contribution in [0, 0.1) is 38.5 Å². The van der Waals surface area contributed by atoms with E-state index in [0.29, 0.717) is 0 Å². The minimum atomic E-state index is 0.0670. The predicted molar refractivity (Wildman–Crippen MR) is 264 cm³/mol. The molecule has 2 nitrogen and oxygen atoms in total. The number of aryl methyl sites for hydroxylation is 4. The summed E-state index contributed by atoms with van der Waals surface area (Å²) in [7, 11) is 0. The Morgan fingerprint density at radius 3 is 1.93 bits per heavy atom. The molecule has 1 atom stereocenters. The predicted octanol–water partition coefficient (Wildman–Crippen LogP) is 14.0. The zero-order valence-electron chi connectivity index (χ0n) is 39.3. The number of nitrogens with zero attached hydrogens (tertiary/aromatic N) is 2. The van der Waals surface area contributed by atoms with Crippen LogP contribution in [-0.2, 0) is 16.2 Å². The third-order valence-corrected chi connectivity index (χ3v) is 17.3. The maximum atomic E-state index is 2.84. The molecule has 5 aliphatic rings. The van der Waals surface area contributed by atoms with Gasteiger partial charge in [-0.15, -0.1) is 11.3 Å². The molecule has 5 aromatic rings. The molecule has 0 saturated carbocycles. The molecule has 4 aromatic carbocycles. The van der Waals surface area contributed by atoms with E-state index in [2.05, 4.69) is 180 Å². The molecule has 1 aromatic heterocycles. The molecule has 0 N–H and O–H groups in total. The molecule has 0 bridgehead atoms. The van der Waals surface area contributed by atoms with Gasteiger partial charge in [-0.1, -0.05) is 124 Å². The summed E-state index contributed by atoms with van der Waals surface area (Å²) in [6, 6.07) is 22.9. The third kappa shape index (κ3) is 5.78. The van der Waals surface area contributed by atoms with Gasteiger partial charge < -0.3 is 9.80 Å². The summed E-state index contributed by atoms with van der Waals surface area (Å²) in [5, 5.41) is 1.38.